The lowest BCUT2D eigenvalue weighted by Gasteiger charge is -2.20. The first kappa shape index (κ1) is 13.6. The molecular formula is C14H12N2O4S. The number of sulfonamides is 1. The first-order chi connectivity index (χ1) is 9.95. The third-order valence-electron chi connectivity index (χ3n) is 3.11. The Balaban J connectivity index is 2.14. The second-order valence-electron chi connectivity index (χ2n) is 4.59. The minimum absolute atomic E-state index is 0.0254. The predicted octanol–water partition coefficient (Wildman–Crippen LogP) is 1.33. The molecule has 3 N–H and O–H groups in total. The van der Waals surface area contributed by atoms with Crippen LogP contribution in [0.25, 0.3) is 11.1 Å². The van der Waals surface area contributed by atoms with Gasteiger partial charge in [-0.1, -0.05) is 24.3 Å². The zero-order valence-corrected chi connectivity index (χ0v) is 11.7. The van der Waals surface area contributed by atoms with Gasteiger partial charge in [-0.25, -0.2) is 13.6 Å². The molecule has 0 atom stereocenters. The molecule has 6 nitrogen and oxygen atoms in total. The summed E-state index contributed by atoms with van der Waals surface area (Å²) in [5, 5.41) is 7.85. The van der Waals surface area contributed by atoms with Gasteiger partial charge >= 0.3 is 0 Å². The first-order valence-corrected chi connectivity index (χ1v) is 7.69. The van der Waals surface area contributed by atoms with Crippen molar-refractivity contribution in [3.63, 3.8) is 0 Å². The van der Waals surface area contributed by atoms with E-state index < -0.39 is 10.0 Å². The number of primary sulfonamides is 1. The number of ether oxygens (including phenoxy) is 1. The van der Waals surface area contributed by atoms with Crippen molar-refractivity contribution in [2.75, 3.05) is 11.9 Å². The molecule has 0 spiro atoms. The zero-order chi connectivity index (χ0) is 15.0. The van der Waals surface area contributed by atoms with Crippen LogP contribution in [0.5, 0.6) is 5.75 Å². The summed E-state index contributed by atoms with van der Waals surface area (Å²) in [6.45, 7) is -0.0705. The van der Waals surface area contributed by atoms with E-state index in [2.05, 4.69) is 5.32 Å². The Morgan fingerprint density at radius 2 is 1.90 bits per heavy atom. The van der Waals surface area contributed by atoms with Crippen molar-refractivity contribution < 1.29 is 17.9 Å². The Morgan fingerprint density at radius 3 is 2.67 bits per heavy atom. The highest BCUT2D eigenvalue weighted by Gasteiger charge is 2.20. The summed E-state index contributed by atoms with van der Waals surface area (Å²) in [7, 11) is -3.77. The van der Waals surface area contributed by atoms with Gasteiger partial charge in [-0.2, -0.15) is 0 Å². The molecule has 2 aromatic rings. The van der Waals surface area contributed by atoms with Gasteiger partial charge in [0.25, 0.3) is 5.91 Å². The highest BCUT2D eigenvalue weighted by molar-refractivity contribution is 7.89. The summed E-state index contributed by atoms with van der Waals surface area (Å²) in [5.74, 6) is 0.293. The third kappa shape index (κ3) is 2.61. The average molecular weight is 304 g/mol. The number of fused-ring (bicyclic) bond motifs is 1. The van der Waals surface area contributed by atoms with Crippen LogP contribution in [0.15, 0.2) is 47.4 Å². The molecule has 0 bridgehead atoms. The van der Waals surface area contributed by atoms with Gasteiger partial charge in [-0.05, 0) is 23.8 Å². The Bertz CT molecular complexity index is 831. The van der Waals surface area contributed by atoms with Gasteiger partial charge in [0.2, 0.25) is 10.0 Å². The van der Waals surface area contributed by atoms with E-state index in [4.69, 9.17) is 9.88 Å². The molecule has 3 rings (SSSR count). The number of hydrogen-bond acceptors (Lipinski definition) is 4. The normalized spacial score (nSPS) is 14.0. The Labute approximate surface area is 121 Å². The molecule has 1 heterocycles. The molecule has 7 heteroatoms. The Morgan fingerprint density at radius 1 is 1.14 bits per heavy atom. The fraction of sp³-hybridized carbons (Fsp3) is 0.0714. The molecule has 0 saturated heterocycles. The zero-order valence-electron chi connectivity index (χ0n) is 10.9. The standard InChI is InChI=1S/C14H12N2O4S/c15-21(18,19)10-4-1-3-9(7-10)11-5-2-6-12-14(11)20-8-13(17)16-12/h1-7H,8H2,(H,16,17)(H2,15,18,19). The topological polar surface area (TPSA) is 98.5 Å². The van der Waals surface area contributed by atoms with Crippen molar-refractivity contribution in [3.8, 4) is 16.9 Å². The summed E-state index contributed by atoms with van der Waals surface area (Å²) in [5.41, 5.74) is 1.90. The largest absolute Gasteiger partial charge is 0.481 e. The van der Waals surface area contributed by atoms with Gasteiger partial charge in [0.1, 0.15) is 0 Å². The minimum Gasteiger partial charge on any atom is -0.481 e. The quantitative estimate of drug-likeness (QED) is 0.874. The van der Waals surface area contributed by atoms with E-state index in [0.29, 0.717) is 22.6 Å². The number of nitrogens with two attached hydrogens (primary N) is 1. The molecule has 0 radical (unpaired) electrons. The van der Waals surface area contributed by atoms with E-state index in [0.717, 1.165) is 0 Å². The van der Waals surface area contributed by atoms with Crippen LogP contribution in [-0.4, -0.2) is 20.9 Å². The van der Waals surface area contributed by atoms with E-state index in [-0.39, 0.29) is 17.4 Å². The van der Waals surface area contributed by atoms with E-state index in [9.17, 15) is 13.2 Å². The number of carbonyl (C=O) groups is 1. The second kappa shape index (κ2) is 4.87. The van der Waals surface area contributed by atoms with Crippen LogP contribution in [0.4, 0.5) is 5.69 Å². The number of benzene rings is 2. The average Bonchev–Trinajstić information content (AvgIpc) is 2.45. The van der Waals surface area contributed by atoms with Gasteiger partial charge in [0.15, 0.2) is 12.4 Å². The number of nitrogens with one attached hydrogen (secondary N) is 1. The van der Waals surface area contributed by atoms with Gasteiger partial charge < -0.3 is 10.1 Å². The SMILES string of the molecule is NS(=O)(=O)c1cccc(-c2cccc3c2OCC(=O)N3)c1. The van der Waals surface area contributed by atoms with Crippen molar-refractivity contribution >= 4 is 21.6 Å². The molecule has 0 unspecified atom stereocenters. The molecular weight excluding hydrogens is 292 g/mol. The summed E-state index contributed by atoms with van der Waals surface area (Å²) in [6.07, 6.45) is 0. The van der Waals surface area contributed by atoms with E-state index in [1.807, 2.05) is 0 Å². The molecule has 0 aliphatic carbocycles. The minimum atomic E-state index is -3.77. The van der Waals surface area contributed by atoms with Crippen LogP contribution in [0.3, 0.4) is 0 Å². The van der Waals surface area contributed by atoms with Crippen LogP contribution in [0, 0.1) is 0 Å². The van der Waals surface area contributed by atoms with Gasteiger partial charge in [0.05, 0.1) is 10.6 Å². The van der Waals surface area contributed by atoms with Crippen LogP contribution in [0.1, 0.15) is 0 Å². The smallest absolute Gasteiger partial charge is 0.262 e. The molecule has 1 amide bonds. The first-order valence-electron chi connectivity index (χ1n) is 6.14. The van der Waals surface area contributed by atoms with Crippen molar-refractivity contribution in [2.45, 2.75) is 4.90 Å². The maximum Gasteiger partial charge on any atom is 0.262 e. The Kier molecular flexibility index (Phi) is 3.15. The lowest BCUT2D eigenvalue weighted by atomic mass is 10.0. The van der Waals surface area contributed by atoms with Crippen molar-refractivity contribution in [2.24, 2.45) is 5.14 Å². The predicted molar refractivity (Wildman–Crippen MR) is 77.4 cm³/mol. The molecule has 2 aromatic carbocycles. The molecule has 0 saturated carbocycles. The molecule has 0 fully saturated rings. The van der Waals surface area contributed by atoms with Crippen molar-refractivity contribution in [1.29, 1.82) is 0 Å². The van der Waals surface area contributed by atoms with Crippen molar-refractivity contribution in [1.82, 2.24) is 0 Å². The molecule has 108 valence electrons. The maximum atomic E-state index is 11.4. The van der Waals surface area contributed by atoms with Crippen LogP contribution in [0.2, 0.25) is 0 Å². The van der Waals surface area contributed by atoms with Crippen LogP contribution >= 0.6 is 0 Å². The van der Waals surface area contributed by atoms with Gasteiger partial charge in [-0.3, -0.25) is 4.79 Å². The number of para-hydroxylation sites is 1. The van der Waals surface area contributed by atoms with E-state index >= 15 is 0 Å². The summed E-state index contributed by atoms with van der Waals surface area (Å²) in [4.78, 5) is 11.4. The van der Waals surface area contributed by atoms with Crippen LogP contribution in [-0.2, 0) is 14.8 Å². The van der Waals surface area contributed by atoms with Gasteiger partial charge in [-0.15, -0.1) is 0 Å². The summed E-state index contributed by atoms with van der Waals surface area (Å²) in [6, 6.07) is 11.5. The lowest BCUT2D eigenvalue weighted by molar-refractivity contribution is -0.118. The highest BCUT2D eigenvalue weighted by atomic mass is 32.2. The highest BCUT2D eigenvalue weighted by Crippen LogP contribution is 2.38. The fourth-order valence-corrected chi connectivity index (χ4v) is 2.74. The van der Waals surface area contributed by atoms with Crippen LogP contribution < -0.4 is 15.2 Å². The number of carbonyl (C=O) groups excluding carboxylic acids is 1. The summed E-state index contributed by atoms with van der Waals surface area (Å²) >= 11 is 0. The monoisotopic (exact) mass is 304 g/mol. The molecule has 1 aliphatic heterocycles. The molecule has 21 heavy (non-hydrogen) atoms. The number of rotatable bonds is 2. The Hall–Kier alpha value is -2.38. The van der Waals surface area contributed by atoms with Crippen molar-refractivity contribution in [3.05, 3.63) is 42.5 Å². The summed E-state index contributed by atoms with van der Waals surface area (Å²) < 4.78 is 28.3. The van der Waals surface area contributed by atoms with E-state index in [1.54, 1.807) is 30.3 Å². The van der Waals surface area contributed by atoms with E-state index in [1.165, 1.54) is 12.1 Å². The lowest BCUT2D eigenvalue weighted by Crippen LogP contribution is -2.25. The fourth-order valence-electron chi connectivity index (χ4n) is 2.18. The molecule has 1 aliphatic rings. The van der Waals surface area contributed by atoms with Gasteiger partial charge in [0, 0.05) is 5.56 Å². The number of amides is 1. The third-order valence-corrected chi connectivity index (χ3v) is 4.02. The molecule has 0 aromatic heterocycles. The number of hydrogen-bond donors (Lipinski definition) is 2. The maximum absolute atomic E-state index is 11.4. The number of anilines is 1. The second-order valence-corrected chi connectivity index (χ2v) is 6.15.